The summed E-state index contributed by atoms with van der Waals surface area (Å²) in [6, 6.07) is 25.0. The number of hydrogen-bond acceptors (Lipinski definition) is 3. The van der Waals surface area contributed by atoms with E-state index in [4.69, 9.17) is 0 Å². The van der Waals surface area contributed by atoms with Gasteiger partial charge < -0.3 is 25.2 Å². The van der Waals surface area contributed by atoms with E-state index in [2.05, 4.69) is 40.6 Å². The van der Waals surface area contributed by atoms with Crippen LogP contribution in [-0.2, 0) is 11.2 Å². The lowest BCUT2D eigenvalue weighted by Gasteiger charge is -2.48. The van der Waals surface area contributed by atoms with Gasteiger partial charge in [0.25, 0.3) is 0 Å². The maximum absolute atomic E-state index is 13.8. The molecule has 2 aliphatic rings. The van der Waals surface area contributed by atoms with E-state index in [0.29, 0.717) is 18.7 Å². The van der Waals surface area contributed by atoms with Crippen LogP contribution in [-0.4, -0.2) is 57.6 Å². The number of urea groups is 1. The summed E-state index contributed by atoms with van der Waals surface area (Å²) in [7, 11) is 1.71. The van der Waals surface area contributed by atoms with Gasteiger partial charge in [0.15, 0.2) is 0 Å². The molecule has 7 nitrogen and oxygen atoms in total. The molecule has 3 amide bonds. The molecular formula is C31H32N4O3. The van der Waals surface area contributed by atoms with Crippen molar-refractivity contribution >= 4 is 28.5 Å². The first-order chi connectivity index (χ1) is 18.4. The summed E-state index contributed by atoms with van der Waals surface area (Å²) in [5, 5.41) is 14.8. The van der Waals surface area contributed by atoms with Gasteiger partial charge >= 0.3 is 6.03 Å². The van der Waals surface area contributed by atoms with Gasteiger partial charge in [-0.25, -0.2) is 4.79 Å². The molecule has 3 heterocycles. The predicted molar refractivity (Wildman–Crippen MR) is 149 cm³/mol. The van der Waals surface area contributed by atoms with Crippen LogP contribution in [0.15, 0.2) is 78.9 Å². The molecule has 3 N–H and O–H groups in total. The minimum absolute atomic E-state index is 0.104. The van der Waals surface area contributed by atoms with Crippen LogP contribution in [0, 0.1) is 5.92 Å². The molecule has 4 aromatic rings. The normalized spacial score (nSPS) is 21.5. The van der Waals surface area contributed by atoms with Gasteiger partial charge in [0.05, 0.1) is 23.6 Å². The SMILES string of the molecule is C[C@H](O)[C@@H]1C(=O)N2CCc3c([nH]c4c(-c5ccccc5)cccc34)[C@@H]2C[C@@H]1N(C)C(=O)Nc1ccccc1. The summed E-state index contributed by atoms with van der Waals surface area (Å²) in [6.45, 7) is 2.23. The molecule has 0 aliphatic carbocycles. The number of aromatic nitrogens is 1. The molecule has 6 rings (SSSR count). The Bertz CT molecular complexity index is 1480. The van der Waals surface area contributed by atoms with E-state index in [9.17, 15) is 14.7 Å². The maximum Gasteiger partial charge on any atom is 0.321 e. The quantitative estimate of drug-likeness (QED) is 0.354. The van der Waals surface area contributed by atoms with E-state index < -0.39 is 18.1 Å². The van der Waals surface area contributed by atoms with Crippen LogP contribution < -0.4 is 5.32 Å². The number of fused-ring (bicyclic) bond motifs is 5. The van der Waals surface area contributed by atoms with Crippen molar-refractivity contribution in [1.82, 2.24) is 14.8 Å². The Morgan fingerprint density at radius 2 is 1.76 bits per heavy atom. The molecule has 0 spiro atoms. The van der Waals surface area contributed by atoms with E-state index in [1.165, 1.54) is 10.9 Å². The fourth-order valence-electron chi connectivity index (χ4n) is 6.30. The number of rotatable bonds is 4. The van der Waals surface area contributed by atoms with Crippen molar-refractivity contribution in [3.05, 3.63) is 90.1 Å². The lowest BCUT2D eigenvalue weighted by Crippen LogP contribution is -2.60. The molecule has 0 bridgehead atoms. The van der Waals surface area contributed by atoms with Gasteiger partial charge in [-0.1, -0.05) is 66.7 Å². The summed E-state index contributed by atoms with van der Waals surface area (Å²) in [5.41, 5.74) is 6.29. The van der Waals surface area contributed by atoms with E-state index in [1.54, 1.807) is 18.9 Å². The van der Waals surface area contributed by atoms with Gasteiger partial charge in [0, 0.05) is 42.0 Å². The maximum atomic E-state index is 13.8. The molecule has 38 heavy (non-hydrogen) atoms. The van der Waals surface area contributed by atoms with Gasteiger partial charge in [-0.15, -0.1) is 0 Å². The van der Waals surface area contributed by atoms with Crippen LogP contribution in [0.25, 0.3) is 22.0 Å². The molecule has 3 aromatic carbocycles. The third-order valence-corrected chi connectivity index (χ3v) is 8.18. The third-order valence-electron chi connectivity index (χ3n) is 8.18. The highest BCUT2D eigenvalue weighted by Crippen LogP contribution is 2.44. The van der Waals surface area contributed by atoms with E-state index in [0.717, 1.165) is 28.8 Å². The second-order valence-electron chi connectivity index (χ2n) is 10.4. The zero-order valence-corrected chi connectivity index (χ0v) is 21.6. The van der Waals surface area contributed by atoms with Crippen molar-refractivity contribution in [3.8, 4) is 11.1 Å². The Labute approximate surface area is 222 Å². The Kier molecular flexibility index (Phi) is 6.16. The average Bonchev–Trinajstić information content (AvgIpc) is 3.32. The molecule has 194 valence electrons. The molecule has 4 atom stereocenters. The monoisotopic (exact) mass is 508 g/mol. The fraction of sp³-hybridized carbons (Fsp3) is 0.290. The molecule has 0 saturated carbocycles. The topological polar surface area (TPSA) is 88.7 Å². The largest absolute Gasteiger partial charge is 0.393 e. The van der Waals surface area contributed by atoms with Crippen LogP contribution in [0.4, 0.5) is 10.5 Å². The first kappa shape index (κ1) is 24.2. The minimum Gasteiger partial charge on any atom is -0.393 e. The number of carbonyl (C=O) groups excluding carboxylic acids is 2. The number of nitrogens with one attached hydrogen (secondary N) is 2. The third kappa shape index (κ3) is 4.03. The first-order valence-electron chi connectivity index (χ1n) is 13.2. The number of carbonyl (C=O) groups is 2. The number of aromatic amines is 1. The fourth-order valence-corrected chi connectivity index (χ4v) is 6.30. The minimum atomic E-state index is -0.880. The van der Waals surface area contributed by atoms with E-state index in [-0.39, 0.29) is 18.0 Å². The number of piperidine rings is 1. The highest BCUT2D eigenvalue weighted by atomic mass is 16.3. The Balaban J connectivity index is 1.38. The number of aliphatic hydroxyl groups excluding tert-OH is 1. The number of anilines is 1. The average molecular weight is 509 g/mol. The zero-order chi connectivity index (χ0) is 26.4. The number of nitrogens with zero attached hydrogens (tertiary/aromatic N) is 2. The first-order valence-corrected chi connectivity index (χ1v) is 13.2. The van der Waals surface area contributed by atoms with Crippen molar-refractivity contribution in [2.45, 2.75) is 38.0 Å². The van der Waals surface area contributed by atoms with Gasteiger partial charge in [0.2, 0.25) is 5.91 Å². The summed E-state index contributed by atoms with van der Waals surface area (Å²) in [6.07, 6.45) is 0.409. The van der Waals surface area contributed by atoms with E-state index in [1.807, 2.05) is 53.4 Å². The summed E-state index contributed by atoms with van der Waals surface area (Å²) in [5.74, 6) is -0.795. The summed E-state index contributed by atoms with van der Waals surface area (Å²) in [4.78, 5) is 34.2. The Morgan fingerprint density at radius 1 is 1.05 bits per heavy atom. The Morgan fingerprint density at radius 3 is 2.47 bits per heavy atom. The highest BCUT2D eigenvalue weighted by Gasteiger charge is 2.49. The lowest BCUT2D eigenvalue weighted by atomic mass is 9.79. The van der Waals surface area contributed by atoms with Crippen LogP contribution in [0.2, 0.25) is 0 Å². The molecule has 7 heteroatoms. The van der Waals surface area contributed by atoms with Crippen molar-refractivity contribution in [2.75, 3.05) is 18.9 Å². The number of amides is 3. The molecule has 1 aromatic heterocycles. The van der Waals surface area contributed by atoms with Crippen LogP contribution in [0.3, 0.4) is 0 Å². The van der Waals surface area contributed by atoms with Gasteiger partial charge in [-0.2, -0.15) is 0 Å². The molecular weight excluding hydrogens is 476 g/mol. The standard InChI is InChI=1S/C31H32N4O3/c1-19(36)27-25(34(2)31(38)32-21-12-7-4-8-13-21)18-26-29-24(16-17-35(26)30(27)37)23-15-9-14-22(28(23)33-29)20-10-5-3-6-11-20/h3-15,19,25-27,33,36H,16-18H2,1-2H3,(H,32,38)/t19-,25-,26-,27-/m0/s1. The predicted octanol–water partition coefficient (Wildman–Crippen LogP) is 5.19. The summed E-state index contributed by atoms with van der Waals surface area (Å²) >= 11 is 0. The molecule has 0 unspecified atom stereocenters. The van der Waals surface area contributed by atoms with Crippen molar-refractivity contribution < 1.29 is 14.7 Å². The highest BCUT2D eigenvalue weighted by molar-refractivity contribution is 5.97. The van der Waals surface area contributed by atoms with Crippen LogP contribution in [0.1, 0.15) is 30.6 Å². The molecule has 1 saturated heterocycles. The zero-order valence-electron chi connectivity index (χ0n) is 21.6. The molecule has 2 aliphatic heterocycles. The van der Waals surface area contributed by atoms with Crippen molar-refractivity contribution in [2.24, 2.45) is 5.92 Å². The van der Waals surface area contributed by atoms with E-state index >= 15 is 0 Å². The Hall–Kier alpha value is -4.10. The van der Waals surface area contributed by atoms with Gasteiger partial charge in [-0.3, -0.25) is 4.79 Å². The molecule has 1 fully saturated rings. The van der Waals surface area contributed by atoms with Crippen molar-refractivity contribution in [1.29, 1.82) is 0 Å². The smallest absolute Gasteiger partial charge is 0.321 e. The number of hydrogen-bond donors (Lipinski definition) is 3. The van der Waals surface area contributed by atoms with Gasteiger partial charge in [-0.05, 0) is 43.0 Å². The van der Waals surface area contributed by atoms with Crippen molar-refractivity contribution in [3.63, 3.8) is 0 Å². The number of aliphatic hydroxyl groups is 1. The van der Waals surface area contributed by atoms with Crippen LogP contribution in [0.5, 0.6) is 0 Å². The lowest BCUT2D eigenvalue weighted by molar-refractivity contribution is -0.151. The second kappa shape index (κ2) is 9.65. The number of para-hydroxylation sites is 2. The number of benzene rings is 3. The molecule has 0 radical (unpaired) electrons. The summed E-state index contributed by atoms with van der Waals surface area (Å²) < 4.78 is 0. The van der Waals surface area contributed by atoms with Crippen LogP contribution >= 0.6 is 0 Å². The van der Waals surface area contributed by atoms with Gasteiger partial charge in [0.1, 0.15) is 0 Å². The second-order valence-corrected chi connectivity index (χ2v) is 10.4. The number of H-pyrrole nitrogens is 1.